The first-order valence-corrected chi connectivity index (χ1v) is 7.26. The quantitative estimate of drug-likeness (QED) is 0.184. The smallest absolute Gasteiger partial charge is 0 e. The van der Waals surface area contributed by atoms with Crippen LogP contribution in [0.5, 0.6) is 0 Å². The SMILES string of the molecule is C=CCCCC#CCCCc1ccccc1.[C-]#[O+].[C-]#[O+].[C-]#[O+].[C-]#[O+].[C-]#[O+].[C-]#[O+].[Co].[Co]. The minimum atomic E-state index is 0. The molecule has 0 aliphatic carbocycles. The fourth-order valence-electron chi connectivity index (χ4n) is 1.54. The maximum Gasteiger partial charge on any atom is 0 e. The summed E-state index contributed by atoms with van der Waals surface area (Å²) < 4.78 is 45.0. The van der Waals surface area contributed by atoms with Crippen molar-refractivity contribution in [2.45, 2.75) is 38.5 Å². The Balaban J connectivity index is -0.0000000498. The minimum absolute atomic E-state index is 0. The van der Waals surface area contributed by atoms with Gasteiger partial charge in [0.15, 0.2) is 0 Å². The molecule has 0 aromatic heterocycles. The van der Waals surface area contributed by atoms with Gasteiger partial charge in [0.05, 0.1) is 0 Å². The van der Waals surface area contributed by atoms with E-state index in [1.54, 1.807) is 0 Å². The maximum atomic E-state index is 7.50. The van der Waals surface area contributed by atoms with Gasteiger partial charge in [-0.15, -0.1) is 18.4 Å². The molecule has 8 heteroatoms. The zero-order valence-corrected chi connectivity index (χ0v) is 18.1. The molecule has 0 unspecified atom stereocenters. The Labute approximate surface area is 200 Å². The van der Waals surface area contributed by atoms with E-state index in [0.717, 1.165) is 32.1 Å². The van der Waals surface area contributed by atoms with Gasteiger partial charge in [0.2, 0.25) is 0 Å². The first-order valence-electron chi connectivity index (χ1n) is 7.26. The number of unbranched alkanes of at least 4 members (excludes halogenated alkanes) is 3. The predicted octanol–water partition coefficient (Wildman–Crippen LogP) is 4.14. The number of hydrogen-bond donors (Lipinski definition) is 0. The number of aryl methyl sites for hydroxylation is 1. The zero-order valence-electron chi connectivity index (χ0n) is 16.0. The predicted molar refractivity (Wildman–Crippen MR) is 94.8 cm³/mol. The second kappa shape index (κ2) is 81.2. The van der Waals surface area contributed by atoms with Crippen molar-refractivity contribution in [3.8, 4) is 11.8 Å². The number of rotatable bonds is 6. The van der Waals surface area contributed by atoms with Gasteiger partial charge in [0.1, 0.15) is 0 Å². The van der Waals surface area contributed by atoms with Gasteiger partial charge in [0, 0.05) is 46.4 Å². The van der Waals surface area contributed by atoms with Crippen molar-refractivity contribution >= 4 is 0 Å². The monoisotopic (exact) mass is 498 g/mol. The van der Waals surface area contributed by atoms with Crippen molar-refractivity contribution in [1.82, 2.24) is 0 Å². The molecule has 0 atom stereocenters. The Morgan fingerprint density at radius 3 is 1.40 bits per heavy atom. The van der Waals surface area contributed by atoms with Gasteiger partial charge < -0.3 is 0 Å². The molecule has 0 spiro atoms. The van der Waals surface area contributed by atoms with E-state index in [4.69, 9.17) is 27.9 Å². The van der Waals surface area contributed by atoms with E-state index in [2.05, 4.69) is 88.7 Å². The molecule has 0 N–H and O–H groups in total. The van der Waals surface area contributed by atoms with Crippen molar-refractivity contribution in [1.29, 1.82) is 0 Å². The Morgan fingerprint density at radius 2 is 1.03 bits per heavy atom. The normalized spacial score (nSPS) is 5.33. The molecule has 0 saturated heterocycles. The first kappa shape index (κ1) is 51.0. The van der Waals surface area contributed by atoms with Crippen LogP contribution in [0.1, 0.15) is 37.7 Å². The molecule has 0 heterocycles. The molecule has 162 valence electrons. The van der Waals surface area contributed by atoms with Crippen LogP contribution in [0, 0.1) is 51.7 Å². The summed E-state index contributed by atoms with van der Waals surface area (Å²) in [6.07, 6.45) is 8.52. The molecule has 0 aliphatic heterocycles. The Bertz CT molecular complexity index is 544. The summed E-state index contributed by atoms with van der Waals surface area (Å²) in [7, 11) is 0. The third kappa shape index (κ3) is 63.5. The summed E-state index contributed by atoms with van der Waals surface area (Å²) in [4.78, 5) is 0. The van der Waals surface area contributed by atoms with Crippen LogP contribution in [0.4, 0.5) is 0 Å². The van der Waals surface area contributed by atoms with E-state index in [9.17, 15) is 0 Å². The van der Waals surface area contributed by atoms with Gasteiger partial charge in [-0.2, -0.15) is 0 Å². The van der Waals surface area contributed by atoms with E-state index in [0.29, 0.717) is 0 Å². The average molecular weight is 498 g/mol. The van der Waals surface area contributed by atoms with Crippen LogP contribution in [0.2, 0.25) is 0 Å². The van der Waals surface area contributed by atoms with Crippen molar-refractivity contribution < 1.29 is 61.5 Å². The summed E-state index contributed by atoms with van der Waals surface area (Å²) in [5, 5.41) is 0. The molecule has 0 fully saturated rings. The zero-order chi connectivity index (χ0) is 23.5. The van der Waals surface area contributed by atoms with Crippen molar-refractivity contribution in [3.63, 3.8) is 0 Å². The van der Waals surface area contributed by atoms with Gasteiger partial charge in [-0.3, -0.25) is 0 Å². The third-order valence-corrected chi connectivity index (χ3v) is 2.45. The van der Waals surface area contributed by atoms with E-state index >= 15 is 0 Å². The molecule has 0 saturated carbocycles. The van der Waals surface area contributed by atoms with E-state index in [1.807, 2.05) is 6.08 Å². The Morgan fingerprint density at radius 1 is 0.667 bits per heavy atom. The summed E-state index contributed by atoms with van der Waals surface area (Å²) >= 11 is 0. The van der Waals surface area contributed by atoms with E-state index in [1.165, 1.54) is 12.0 Å². The summed E-state index contributed by atoms with van der Waals surface area (Å²) in [6.45, 7) is 30.7. The van der Waals surface area contributed by atoms with Crippen LogP contribution >= 0.6 is 0 Å². The summed E-state index contributed by atoms with van der Waals surface area (Å²) in [5.41, 5.74) is 1.41. The molecule has 0 bridgehead atoms. The first-order chi connectivity index (χ1) is 13.9. The second-order valence-electron chi connectivity index (χ2n) is 3.87. The minimum Gasteiger partial charge on any atom is 0 e. The number of allylic oxidation sites excluding steroid dienone is 1. The van der Waals surface area contributed by atoms with Gasteiger partial charge >= 0.3 is 67.8 Å². The molecule has 1 aromatic rings. The van der Waals surface area contributed by atoms with Crippen LogP contribution in [0.25, 0.3) is 0 Å². The van der Waals surface area contributed by atoms with Crippen molar-refractivity contribution in [3.05, 3.63) is 88.5 Å². The van der Waals surface area contributed by atoms with E-state index < -0.39 is 0 Å². The number of hydrogen-bond acceptors (Lipinski definition) is 0. The fourth-order valence-corrected chi connectivity index (χ4v) is 1.54. The molecule has 1 rings (SSSR count). The molecule has 2 radical (unpaired) electrons. The summed E-state index contributed by atoms with van der Waals surface area (Å²) in [5.74, 6) is 6.44. The standard InChI is InChI=1S/C16H20.6CO.2Co/c1-2-3-4-5-6-7-8-10-13-16-14-11-9-12-15-16;6*1-2;;/h2,9,11-12,14-15H,1,3-5,8,10,13H2;;;;;;;;. The van der Waals surface area contributed by atoms with Gasteiger partial charge in [-0.25, -0.2) is 0 Å². The third-order valence-electron chi connectivity index (χ3n) is 2.45. The topological polar surface area (TPSA) is 119 Å². The largest absolute Gasteiger partial charge is 0 e. The van der Waals surface area contributed by atoms with Crippen LogP contribution in [0.3, 0.4) is 0 Å². The van der Waals surface area contributed by atoms with Crippen LogP contribution < -0.4 is 0 Å². The van der Waals surface area contributed by atoms with Crippen LogP contribution in [-0.2, 0) is 67.9 Å². The van der Waals surface area contributed by atoms with Crippen molar-refractivity contribution in [2.24, 2.45) is 0 Å². The molecular formula is C22H20Co2O6. The van der Waals surface area contributed by atoms with Crippen molar-refractivity contribution in [2.75, 3.05) is 0 Å². The Kier molecular flexibility index (Phi) is 138. The fraction of sp³-hybridized carbons (Fsp3) is 0.273. The Hall–Kier alpha value is -2.03. The molecule has 30 heavy (non-hydrogen) atoms. The molecular weight excluding hydrogens is 478 g/mol. The number of benzene rings is 1. The summed E-state index contributed by atoms with van der Waals surface area (Å²) in [6, 6.07) is 10.6. The van der Waals surface area contributed by atoms with Gasteiger partial charge in [0.25, 0.3) is 0 Å². The van der Waals surface area contributed by atoms with Gasteiger partial charge in [-0.05, 0) is 31.2 Å². The average Bonchev–Trinajstić information content (AvgIpc) is 2.84. The van der Waals surface area contributed by atoms with E-state index in [-0.39, 0.29) is 33.6 Å². The molecule has 0 amide bonds. The molecule has 0 aliphatic rings. The molecule has 6 nitrogen and oxygen atoms in total. The van der Waals surface area contributed by atoms with Crippen LogP contribution in [0.15, 0.2) is 43.0 Å². The molecule has 1 aromatic carbocycles. The second-order valence-corrected chi connectivity index (χ2v) is 3.87. The van der Waals surface area contributed by atoms with Crippen LogP contribution in [-0.4, -0.2) is 0 Å². The van der Waals surface area contributed by atoms with Gasteiger partial charge in [-0.1, -0.05) is 36.4 Å². The maximum absolute atomic E-state index is 7.50.